The molecule has 3 rings (SSSR count). The molecule has 1 aromatic carbocycles. The van der Waals surface area contributed by atoms with Crippen molar-refractivity contribution in [1.29, 1.82) is 0 Å². The molecule has 0 amide bonds. The number of aromatic nitrogens is 4. The highest BCUT2D eigenvalue weighted by Gasteiger charge is 2.18. The average Bonchev–Trinajstić information content (AvgIpc) is 2.57. The molecule has 3 aromatic rings. The topological polar surface area (TPSA) is 51.6 Å². The zero-order valence-corrected chi connectivity index (χ0v) is 13.4. The zero-order valence-electron chi connectivity index (χ0n) is 13.4. The summed E-state index contributed by atoms with van der Waals surface area (Å²) in [6, 6.07) is 0. The van der Waals surface area contributed by atoms with E-state index in [1.807, 2.05) is 20.8 Å². The van der Waals surface area contributed by atoms with Crippen molar-refractivity contribution in [3.05, 3.63) is 35.9 Å². The third kappa shape index (κ3) is 2.58. The van der Waals surface area contributed by atoms with Crippen LogP contribution in [0.4, 0.5) is 0 Å². The first-order chi connectivity index (χ1) is 10.2. The van der Waals surface area contributed by atoms with Crippen LogP contribution in [0.3, 0.4) is 0 Å². The monoisotopic (exact) mass is 282 g/mol. The first-order valence-corrected chi connectivity index (χ1v) is 7.58. The molecule has 0 aliphatic carbocycles. The number of nitrogens with zero attached hydrogens (tertiary/aromatic N) is 4. The Morgan fingerprint density at radius 3 is 1.57 bits per heavy atom. The minimum absolute atomic E-state index is 0.388. The Morgan fingerprint density at radius 1 is 0.810 bits per heavy atom. The van der Waals surface area contributed by atoms with Crippen LogP contribution in [0.25, 0.3) is 22.1 Å². The van der Waals surface area contributed by atoms with Crippen LogP contribution in [0.1, 0.15) is 51.2 Å². The largest absolute Gasteiger partial charge is 0.253 e. The Kier molecular flexibility index (Phi) is 4.78. The molecule has 1 unspecified atom stereocenters. The fourth-order valence-corrected chi connectivity index (χ4v) is 2.51. The van der Waals surface area contributed by atoms with Crippen LogP contribution in [0, 0.1) is 6.92 Å². The fraction of sp³-hybridized carbons (Fsp3) is 0.412. The second-order valence-electron chi connectivity index (χ2n) is 4.86. The van der Waals surface area contributed by atoms with Crippen molar-refractivity contribution in [2.45, 2.75) is 47.0 Å². The Morgan fingerprint density at radius 2 is 1.19 bits per heavy atom. The maximum atomic E-state index is 4.53. The van der Waals surface area contributed by atoms with Gasteiger partial charge < -0.3 is 0 Å². The molecule has 0 bridgehead atoms. The van der Waals surface area contributed by atoms with E-state index in [0.717, 1.165) is 34.1 Å². The molecule has 0 saturated heterocycles. The molecule has 110 valence electrons. The van der Waals surface area contributed by atoms with Gasteiger partial charge in [-0.25, -0.2) is 0 Å². The van der Waals surface area contributed by atoms with Crippen molar-refractivity contribution in [3.8, 4) is 0 Å². The van der Waals surface area contributed by atoms with Crippen LogP contribution in [0.5, 0.6) is 0 Å². The summed E-state index contributed by atoms with van der Waals surface area (Å²) in [6.45, 7) is 10.4. The molecule has 2 heterocycles. The third-order valence-electron chi connectivity index (χ3n) is 3.72. The highest BCUT2D eigenvalue weighted by molar-refractivity contribution is 5.99. The predicted molar refractivity (Wildman–Crippen MR) is 87.4 cm³/mol. The number of hydrogen-bond acceptors (Lipinski definition) is 4. The van der Waals surface area contributed by atoms with Crippen molar-refractivity contribution in [3.63, 3.8) is 0 Å². The van der Waals surface area contributed by atoms with E-state index in [4.69, 9.17) is 0 Å². The van der Waals surface area contributed by atoms with Gasteiger partial charge in [0.05, 0.1) is 22.1 Å². The second-order valence-corrected chi connectivity index (χ2v) is 4.86. The summed E-state index contributed by atoms with van der Waals surface area (Å²) in [5, 5.41) is 0. The van der Waals surface area contributed by atoms with Gasteiger partial charge in [0, 0.05) is 35.9 Å². The number of fused-ring (bicyclic) bond motifs is 2. The van der Waals surface area contributed by atoms with Crippen LogP contribution in [-0.2, 0) is 0 Å². The van der Waals surface area contributed by atoms with Gasteiger partial charge in [0.25, 0.3) is 0 Å². The van der Waals surface area contributed by atoms with Crippen LogP contribution in [0.2, 0.25) is 0 Å². The molecule has 2 aromatic heterocycles. The van der Waals surface area contributed by atoms with Crippen molar-refractivity contribution in [1.82, 2.24) is 19.9 Å². The number of hydrogen-bond donors (Lipinski definition) is 0. The van der Waals surface area contributed by atoms with E-state index in [1.165, 1.54) is 5.56 Å². The van der Waals surface area contributed by atoms with E-state index in [1.54, 1.807) is 24.8 Å². The Labute approximate surface area is 125 Å². The maximum Gasteiger partial charge on any atom is 0.0947 e. The van der Waals surface area contributed by atoms with Gasteiger partial charge in [0.2, 0.25) is 0 Å². The van der Waals surface area contributed by atoms with Gasteiger partial charge in [0.1, 0.15) is 0 Å². The predicted octanol–water partition coefficient (Wildman–Crippen LogP) is 4.42. The maximum absolute atomic E-state index is 4.53. The number of benzene rings is 1. The Balaban J connectivity index is 0.000000774. The van der Waals surface area contributed by atoms with Gasteiger partial charge in [-0.2, -0.15) is 0 Å². The van der Waals surface area contributed by atoms with Crippen LogP contribution >= 0.6 is 0 Å². The van der Waals surface area contributed by atoms with Gasteiger partial charge in [-0.15, -0.1) is 0 Å². The molecule has 0 saturated carbocycles. The van der Waals surface area contributed by atoms with Crippen molar-refractivity contribution in [2.24, 2.45) is 0 Å². The van der Waals surface area contributed by atoms with Crippen molar-refractivity contribution < 1.29 is 0 Å². The van der Waals surface area contributed by atoms with Crippen molar-refractivity contribution in [2.75, 3.05) is 0 Å². The van der Waals surface area contributed by atoms with E-state index in [2.05, 4.69) is 33.8 Å². The smallest absolute Gasteiger partial charge is 0.0947 e. The molecule has 0 radical (unpaired) electrons. The SMILES string of the molecule is CC.CCC(C)c1c2nccnc2c(C)c2nccnc12. The van der Waals surface area contributed by atoms with E-state index >= 15 is 0 Å². The number of rotatable bonds is 2. The van der Waals surface area contributed by atoms with Crippen LogP contribution < -0.4 is 0 Å². The molecular formula is C17H22N4. The summed E-state index contributed by atoms with van der Waals surface area (Å²) in [4.78, 5) is 18.0. The summed E-state index contributed by atoms with van der Waals surface area (Å²) in [5.41, 5.74) is 6.01. The van der Waals surface area contributed by atoms with E-state index in [0.29, 0.717) is 5.92 Å². The van der Waals surface area contributed by atoms with Gasteiger partial charge >= 0.3 is 0 Å². The highest BCUT2D eigenvalue weighted by Crippen LogP contribution is 2.33. The van der Waals surface area contributed by atoms with Gasteiger partial charge in [-0.3, -0.25) is 19.9 Å². The lowest BCUT2D eigenvalue weighted by molar-refractivity contribution is 0.741. The standard InChI is InChI=1S/C15H16N4.C2H6/c1-4-9(2)11-14-12(16-5-7-18-14)10(3)13-15(11)19-8-6-17-13;1-2/h5-9H,4H2,1-3H3;1-2H3. The number of aryl methyl sites for hydroxylation is 1. The Bertz CT molecular complexity index is 695. The van der Waals surface area contributed by atoms with Gasteiger partial charge in [-0.05, 0) is 19.3 Å². The summed E-state index contributed by atoms with van der Waals surface area (Å²) in [7, 11) is 0. The summed E-state index contributed by atoms with van der Waals surface area (Å²) >= 11 is 0. The lowest BCUT2D eigenvalue weighted by atomic mass is 9.93. The molecule has 4 nitrogen and oxygen atoms in total. The zero-order chi connectivity index (χ0) is 15.4. The molecule has 4 heteroatoms. The van der Waals surface area contributed by atoms with Gasteiger partial charge in [-0.1, -0.05) is 27.7 Å². The molecule has 0 aliphatic heterocycles. The molecular weight excluding hydrogens is 260 g/mol. The average molecular weight is 282 g/mol. The quantitative estimate of drug-likeness (QED) is 0.653. The van der Waals surface area contributed by atoms with E-state index in [-0.39, 0.29) is 0 Å². The van der Waals surface area contributed by atoms with Crippen LogP contribution in [-0.4, -0.2) is 19.9 Å². The van der Waals surface area contributed by atoms with E-state index in [9.17, 15) is 0 Å². The fourth-order valence-electron chi connectivity index (χ4n) is 2.51. The molecule has 0 aliphatic rings. The van der Waals surface area contributed by atoms with Crippen molar-refractivity contribution >= 4 is 22.1 Å². The Hall–Kier alpha value is -2.10. The molecule has 21 heavy (non-hydrogen) atoms. The third-order valence-corrected chi connectivity index (χ3v) is 3.72. The summed E-state index contributed by atoms with van der Waals surface area (Å²) in [5.74, 6) is 0.388. The molecule has 0 spiro atoms. The molecule has 1 atom stereocenters. The minimum atomic E-state index is 0.388. The normalized spacial score (nSPS) is 12.0. The molecule has 0 fully saturated rings. The second kappa shape index (κ2) is 6.57. The molecule has 0 N–H and O–H groups in total. The lowest BCUT2D eigenvalue weighted by Crippen LogP contribution is -2.02. The minimum Gasteiger partial charge on any atom is -0.253 e. The van der Waals surface area contributed by atoms with Crippen LogP contribution in [0.15, 0.2) is 24.8 Å². The summed E-state index contributed by atoms with van der Waals surface area (Å²) < 4.78 is 0. The lowest BCUT2D eigenvalue weighted by Gasteiger charge is -2.15. The first kappa shape index (κ1) is 15.3. The van der Waals surface area contributed by atoms with Gasteiger partial charge in [0.15, 0.2) is 0 Å². The summed E-state index contributed by atoms with van der Waals surface area (Å²) in [6.07, 6.45) is 8.00. The first-order valence-electron chi connectivity index (χ1n) is 7.58. The van der Waals surface area contributed by atoms with E-state index < -0.39 is 0 Å². The highest BCUT2D eigenvalue weighted by atomic mass is 14.8.